The summed E-state index contributed by atoms with van der Waals surface area (Å²) in [7, 11) is 0. The van der Waals surface area contributed by atoms with Crippen molar-refractivity contribution in [1.29, 1.82) is 0 Å². The molecule has 172 valence electrons. The van der Waals surface area contributed by atoms with Gasteiger partial charge in [-0.2, -0.15) is 5.10 Å². The Bertz CT molecular complexity index is 1280. The van der Waals surface area contributed by atoms with E-state index in [0.29, 0.717) is 35.6 Å². The van der Waals surface area contributed by atoms with Crippen LogP contribution in [0.5, 0.6) is 0 Å². The van der Waals surface area contributed by atoms with Gasteiger partial charge in [-0.1, -0.05) is 78.9 Å². The Balaban J connectivity index is 1.38. The first-order chi connectivity index (χ1) is 16.5. The van der Waals surface area contributed by atoms with Crippen LogP contribution in [-0.2, 0) is 22.5 Å². The van der Waals surface area contributed by atoms with Gasteiger partial charge in [0.25, 0.3) is 5.91 Å². The fourth-order valence-electron chi connectivity index (χ4n) is 3.90. The molecule has 0 fully saturated rings. The van der Waals surface area contributed by atoms with E-state index in [9.17, 15) is 9.59 Å². The maximum Gasteiger partial charge on any atom is 0.342 e. The highest BCUT2D eigenvalue weighted by atomic mass is 16.5. The second kappa shape index (κ2) is 10.6. The highest BCUT2D eigenvalue weighted by molar-refractivity contribution is 5.96. The summed E-state index contributed by atoms with van der Waals surface area (Å²) in [6, 6.07) is 27.6. The number of anilines is 1. The Morgan fingerprint density at radius 3 is 2.18 bits per heavy atom. The molecule has 4 aromatic rings. The minimum Gasteiger partial charge on any atom is -0.452 e. The molecule has 0 aliphatic carbocycles. The molecule has 0 atom stereocenters. The normalized spacial score (nSPS) is 10.6. The third-order valence-electron chi connectivity index (χ3n) is 5.62. The number of aromatic nitrogens is 2. The van der Waals surface area contributed by atoms with Crippen LogP contribution in [0.15, 0.2) is 84.9 Å². The van der Waals surface area contributed by atoms with Gasteiger partial charge in [-0.15, -0.1) is 0 Å². The second-order valence-electron chi connectivity index (χ2n) is 8.13. The fourth-order valence-corrected chi connectivity index (χ4v) is 3.90. The second-order valence-corrected chi connectivity index (χ2v) is 8.13. The molecule has 0 bridgehead atoms. The number of para-hydroxylation sites is 1. The fraction of sp³-hybridized carbons (Fsp3) is 0.179. The van der Waals surface area contributed by atoms with Crippen molar-refractivity contribution < 1.29 is 14.3 Å². The standard InChI is InChI=1S/C28H27N3O3/c1-20-27(21(2)31(30-20)18-23-13-7-4-8-14-23)28(33)34-19-26(32)29-25-16-10-9-15-24(25)17-22-11-5-3-6-12-22/h3-16H,17-19H2,1-2H3,(H,29,32). The molecule has 0 spiro atoms. The van der Waals surface area contributed by atoms with E-state index >= 15 is 0 Å². The average Bonchev–Trinajstić information content (AvgIpc) is 3.12. The topological polar surface area (TPSA) is 73.2 Å². The SMILES string of the molecule is Cc1nn(Cc2ccccc2)c(C)c1C(=O)OCC(=O)Nc1ccccc1Cc1ccccc1. The zero-order valence-corrected chi connectivity index (χ0v) is 19.3. The summed E-state index contributed by atoms with van der Waals surface area (Å²) in [6.07, 6.45) is 0.691. The molecule has 0 saturated carbocycles. The maximum absolute atomic E-state index is 12.8. The van der Waals surface area contributed by atoms with Crippen LogP contribution < -0.4 is 5.32 Å². The van der Waals surface area contributed by atoms with Crippen molar-refractivity contribution in [2.45, 2.75) is 26.8 Å². The van der Waals surface area contributed by atoms with Gasteiger partial charge in [0.1, 0.15) is 5.56 Å². The van der Waals surface area contributed by atoms with Gasteiger partial charge < -0.3 is 10.1 Å². The summed E-state index contributed by atoms with van der Waals surface area (Å²) in [5.74, 6) is -0.942. The molecular formula is C28H27N3O3. The lowest BCUT2D eigenvalue weighted by Gasteiger charge is -2.12. The van der Waals surface area contributed by atoms with Crippen molar-refractivity contribution in [3.8, 4) is 0 Å². The maximum atomic E-state index is 12.8. The molecule has 1 heterocycles. The first kappa shape index (κ1) is 23.0. The Morgan fingerprint density at radius 2 is 1.47 bits per heavy atom. The van der Waals surface area contributed by atoms with Crippen LogP contribution in [0.3, 0.4) is 0 Å². The van der Waals surface area contributed by atoms with Crippen LogP contribution in [0.2, 0.25) is 0 Å². The lowest BCUT2D eigenvalue weighted by atomic mass is 10.0. The Labute approximate surface area is 199 Å². The van der Waals surface area contributed by atoms with Gasteiger partial charge in [0.15, 0.2) is 6.61 Å². The van der Waals surface area contributed by atoms with Crippen LogP contribution in [0.25, 0.3) is 0 Å². The third kappa shape index (κ3) is 5.59. The number of amides is 1. The monoisotopic (exact) mass is 453 g/mol. The molecule has 6 nitrogen and oxygen atoms in total. The molecule has 1 N–H and O–H groups in total. The zero-order valence-electron chi connectivity index (χ0n) is 19.3. The summed E-state index contributed by atoms with van der Waals surface area (Å²) >= 11 is 0. The van der Waals surface area contributed by atoms with E-state index in [1.165, 1.54) is 0 Å². The quantitative estimate of drug-likeness (QED) is 0.384. The van der Waals surface area contributed by atoms with E-state index in [-0.39, 0.29) is 12.5 Å². The van der Waals surface area contributed by atoms with Crippen molar-refractivity contribution in [2.24, 2.45) is 0 Å². The number of benzene rings is 3. The van der Waals surface area contributed by atoms with Gasteiger partial charge >= 0.3 is 5.97 Å². The van der Waals surface area contributed by atoms with Crippen molar-refractivity contribution in [3.63, 3.8) is 0 Å². The van der Waals surface area contributed by atoms with Gasteiger partial charge in [-0.25, -0.2) is 4.79 Å². The third-order valence-corrected chi connectivity index (χ3v) is 5.62. The summed E-state index contributed by atoms with van der Waals surface area (Å²) in [5, 5.41) is 7.36. The van der Waals surface area contributed by atoms with E-state index in [1.807, 2.05) is 91.9 Å². The number of esters is 1. The molecule has 0 unspecified atom stereocenters. The summed E-state index contributed by atoms with van der Waals surface area (Å²) < 4.78 is 7.12. The van der Waals surface area contributed by atoms with E-state index in [0.717, 1.165) is 16.7 Å². The summed E-state index contributed by atoms with van der Waals surface area (Å²) in [6.45, 7) is 3.78. The number of hydrogen-bond donors (Lipinski definition) is 1. The van der Waals surface area contributed by atoms with E-state index in [4.69, 9.17) is 4.74 Å². The molecule has 34 heavy (non-hydrogen) atoms. The number of carbonyl (C=O) groups excluding carboxylic acids is 2. The van der Waals surface area contributed by atoms with Gasteiger partial charge in [-0.3, -0.25) is 9.48 Å². The van der Waals surface area contributed by atoms with Crippen LogP contribution in [-0.4, -0.2) is 28.3 Å². The highest BCUT2D eigenvalue weighted by Gasteiger charge is 2.21. The molecule has 0 aliphatic rings. The number of aryl methyl sites for hydroxylation is 1. The van der Waals surface area contributed by atoms with E-state index in [1.54, 1.807) is 11.6 Å². The number of carbonyl (C=O) groups is 2. The number of nitrogens with zero attached hydrogens (tertiary/aromatic N) is 2. The first-order valence-electron chi connectivity index (χ1n) is 11.2. The predicted molar refractivity (Wildman–Crippen MR) is 132 cm³/mol. The number of rotatable bonds is 8. The molecule has 6 heteroatoms. The first-order valence-corrected chi connectivity index (χ1v) is 11.2. The molecule has 0 saturated heterocycles. The molecule has 0 aliphatic heterocycles. The Hall–Kier alpha value is -4.19. The smallest absolute Gasteiger partial charge is 0.342 e. The highest BCUT2D eigenvalue weighted by Crippen LogP contribution is 2.20. The summed E-state index contributed by atoms with van der Waals surface area (Å²) in [5.41, 5.74) is 5.61. The molecule has 3 aromatic carbocycles. The Kier molecular flexibility index (Phi) is 7.18. The van der Waals surface area contributed by atoms with Crippen LogP contribution >= 0.6 is 0 Å². The Morgan fingerprint density at radius 1 is 0.853 bits per heavy atom. The molecule has 1 amide bonds. The lowest BCUT2D eigenvalue weighted by Crippen LogP contribution is -2.22. The van der Waals surface area contributed by atoms with Crippen LogP contribution in [0, 0.1) is 13.8 Å². The van der Waals surface area contributed by atoms with Crippen LogP contribution in [0.4, 0.5) is 5.69 Å². The molecule has 0 radical (unpaired) electrons. The minimum atomic E-state index is -0.554. The van der Waals surface area contributed by atoms with Gasteiger partial charge in [0, 0.05) is 5.69 Å². The molecular weight excluding hydrogens is 426 g/mol. The van der Waals surface area contributed by atoms with Crippen LogP contribution in [0.1, 0.15) is 38.4 Å². The van der Waals surface area contributed by atoms with Crippen molar-refractivity contribution in [2.75, 3.05) is 11.9 Å². The van der Waals surface area contributed by atoms with Gasteiger partial charge in [0.05, 0.1) is 17.9 Å². The van der Waals surface area contributed by atoms with Crippen molar-refractivity contribution in [1.82, 2.24) is 9.78 Å². The summed E-state index contributed by atoms with van der Waals surface area (Å²) in [4.78, 5) is 25.3. The van der Waals surface area contributed by atoms with Crippen molar-refractivity contribution >= 4 is 17.6 Å². The van der Waals surface area contributed by atoms with E-state index < -0.39 is 5.97 Å². The predicted octanol–water partition coefficient (Wildman–Crippen LogP) is 4.93. The van der Waals surface area contributed by atoms with Crippen molar-refractivity contribution in [3.05, 3.63) is 119 Å². The number of hydrogen-bond acceptors (Lipinski definition) is 4. The lowest BCUT2D eigenvalue weighted by molar-refractivity contribution is -0.119. The average molecular weight is 454 g/mol. The molecule has 4 rings (SSSR count). The number of nitrogens with one attached hydrogen (secondary N) is 1. The van der Waals surface area contributed by atoms with E-state index in [2.05, 4.69) is 10.4 Å². The molecule has 1 aromatic heterocycles. The minimum absolute atomic E-state index is 0.374. The number of ether oxygens (including phenoxy) is 1. The zero-order chi connectivity index (χ0) is 23.9. The van der Waals surface area contributed by atoms with Gasteiger partial charge in [-0.05, 0) is 43.0 Å². The largest absolute Gasteiger partial charge is 0.452 e. The van der Waals surface area contributed by atoms with Gasteiger partial charge in [0.2, 0.25) is 0 Å².